The number of nitrogens with one attached hydrogen (secondary N) is 2. The van der Waals surface area contributed by atoms with Gasteiger partial charge in [0.05, 0.1) is 0 Å². The van der Waals surface area contributed by atoms with Gasteiger partial charge in [-0.15, -0.1) is 0 Å². The predicted molar refractivity (Wildman–Crippen MR) is 106 cm³/mol. The monoisotopic (exact) mass is 399 g/mol. The van der Waals surface area contributed by atoms with Crippen molar-refractivity contribution in [3.63, 3.8) is 0 Å². The smallest absolute Gasteiger partial charge is 0.270 e. The summed E-state index contributed by atoms with van der Waals surface area (Å²) in [5.74, 6) is -0.934. The molecule has 0 aliphatic rings. The fourth-order valence-electron chi connectivity index (χ4n) is 2.48. The maximum absolute atomic E-state index is 12.9. The number of pyridine rings is 1. The second-order valence-electron chi connectivity index (χ2n) is 5.64. The highest BCUT2D eigenvalue weighted by Gasteiger charge is 2.25. The van der Waals surface area contributed by atoms with Crippen molar-refractivity contribution in [1.29, 1.82) is 0 Å². The number of hydrogen-bond donors (Lipinski definition) is 2. The van der Waals surface area contributed by atoms with Crippen LogP contribution in [0.25, 0.3) is 0 Å². The zero-order valence-electron chi connectivity index (χ0n) is 14.0. The highest BCUT2D eigenvalue weighted by atomic mass is 35.5. The zero-order chi connectivity index (χ0) is 19.2. The van der Waals surface area contributed by atoms with Crippen molar-refractivity contribution in [1.82, 2.24) is 10.3 Å². The summed E-state index contributed by atoms with van der Waals surface area (Å²) in [6.07, 6.45) is 1.51. The van der Waals surface area contributed by atoms with Crippen molar-refractivity contribution in [2.75, 3.05) is 5.32 Å². The van der Waals surface area contributed by atoms with Crippen LogP contribution >= 0.6 is 23.2 Å². The molecule has 27 heavy (non-hydrogen) atoms. The quantitative estimate of drug-likeness (QED) is 0.663. The molecule has 0 aliphatic heterocycles. The molecule has 0 aliphatic carbocycles. The van der Waals surface area contributed by atoms with Crippen LogP contribution in [0.4, 0.5) is 5.69 Å². The van der Waals surface area contributed by atoms with E-state index in [1.54, 1.807) is 66.7 Å². The molecule has 0 spiro atoms. The Morgan fingerprint density at radius 3 is 2.41 bits per heavy atom. The van der Waals surface area contributed by atoms with E-state index >= 15 is 0 Å². The van der Waals surface area contributed by atoms with Gasteiger partial charge in [-0.1, -0.05) is 53.5 Å². The van der Waals surface area contributed by atoms with Crippen LogP contribution < -0.4 is 10.6 Å². The number of nitrogens with zero attached hydrogens (tertiary/aromatic N) is 1. The number of aromatic nitrogens is 1. The first-order valence-corrected chi connectivity index (χ1v) is 8.83. The normalized spacial score (nSPS) is 11.5. The SMILES string of the molecule is O=C(NC(C(=O)Nc1cccc(Cl)c1)c1ccccc1Cl)c1ccccn1. The lowest BCUT2D eigenvalue weighted by atomic mass is 10.1. The molecule has 5 nitrogen and oxygen atoms in total. The Labute approximate surface area is 166 Å². The number of anilines is 1. The van der Waals surface area contributed by atoms with E-state index in [1.807, 2.05) is 0 Å². The Morgan fingerprint density at radius 1 is 0.926 bits per heavy atom. The van der Waals surface area contributed by atoms with Gasteiger partial charge in [0.25, 0.3) is 11.8 Å². The van der Waals surface area contributed by atoms with Crippen LogP contribution in [0, 0.1) is 0 Å². The molecule has 7 heteroatoms. The summed E-state index contributed by atoms with van der Waals surface area (Å²) >= 11 is 12.2. The number of amides is 2. The van der Waals surface area contributed by atoms with Gasteiger partial charge in [0.15, 0.2) is 0 Å². The maximum Gasteiger partial charge on any atom is 0.270 e. The molecule has 0 saturated heterocycles. The summed E-state index contributed by atoms with van der Waals surface area (Å²) in [7, 11) is 0. The number of halogens is 2. The van der Waals surface area contributed by atoms with Gasteiger partial charge < -0.3 is 10.6 Å². The van der Waals surface area contributed by atoms with Crippen molar-refractivity contribution in [2.45, 2.75) is 6.04 Å². The van der Waals surface area contributed by atoms with Crippen LogP contribution in [0.3, 0.4) is 0 Å². The minimum atomic E-state index is -1.01. The van der Waals surface area contributed by atoms with Crippen molar-refractivity contribution in [3.05, 3.63) is 94.2 Å². The summed E-state index contributed by atoms with van der Waals surface area (Å²) in [5.41, 5.74) is 1.18. The van der Waals surface area contributed by atoms with E-state index in [-0.39, 0.29) is 5.69 Å². The lowest BCUT2D eigenvalue weighted by molar-refractivity contribution is -0.118. The minimum Gasteiger partial charge on any atom is -0.335 e. The molecule has 3 aromatic rings. The maximum atomic E-state index is 12.9. The molecule has 2 N–H and O–H groups in total. The van der Waals surface area contributed by atoms with Gasteiger partial charge >= 0.3 is 0 Å². The molecule has 2 aromatic carbocycles. The second-order valence-corrected chi connectivity index (χ2v) is 6.49. The van der Waals surface area contributed by atoms with Crippen LogP contribution in [-0.2, 0) is 4.79 Å². The molecule has 1 heterocycles. The largest absolute Gasteiger partial charge is 0.335 e. The minimum absolute atomic E-state index is 0.199. The third-order valence-electron chi connectivity index (χ3n) is 3.74. The van der Waals surface area contributed by atoms with Crippen molar-refractivity contribution < 1.29 is 9.59 Å². The molecule has 1 unspecified atom stereocenters. The number of rotatable bonds is 5. The highest BCUT2D eigenvalue weighted by Crippen LogP contribution is 2.25. The third kappa shape index (κ3) is 4.84. The van der Waals surface area contributed by atoms with Crippen molar-refractivity contribution in [2.24, 2.45) is 0 Å². The fourth-order valence-corrected chi connectivity index (χ4v) is 2.91. The first-order chi connectivity index (χ1) is 13.0. The topological polar surface area (TPSA) is 71.1 Å². The molecule has 0 bridgehead atoms. The van der Waals surface area contributed by atoms with Gasteiger partial charge in [0, 0.05) is 27.5 Å². The van der Waals surface area contributed by atoms with Crippen molar-refractivity contribution in [3.8, 4) is 0 Å². The average Bonchev–Trinajstić information content (AvgIpc) is 2.67. The Balaban J connectivity index is 1.89. The molecular weight excluding hydrogens is 385 g/mol. The average molecular weight is 400 g/mol. The van der Waals surface area contributed by atoms with E-state index in [4.69, 9.17) is 23.2 Å². The standard InChI is InChI=1S/C20H15Cl2N3O2/c21-13-6-5-7-14(12-13)24-20(27)18(15-8-1-2-9-16(15)22)25-19(26)17-10-3-4-11-23-17/h1-12,18H,(H,24,27)(H,25,26). The van der Waals surface area contributed by atoms with Crippen LogP contribution in [0.1, 0.15) is 22.1 Å². The number of benzene rings is 2. The Bertz CT molecular complexity index is 964. The van der Waals surface area contributed by atoms with Crippen LogP contribution in [-0.4, -0.2) is 16.8 Å². The summed E-state index contributed by atoms with van der Waals surface area (Å²) in [6.45, 7) is 0. The van der Waals surface area contributed by atoms with Gasteiger partial charge in [-0.3, -0.25) is 14.6 Å². The molecule has 0 radical (unpaired) electrons. The van der Waals surface area contributed by atoms with E-state index in [2.05, 4.69) is 15.6 Å². The lowest BCUT2D eigenvalue weighted by Gasteiger charge is -2.20. The molecule has 0 saturated carbocycles. The van der Waals surface area contributed by atoms with Gasteiger partial charge in [-0.05, 0) is 36.4 Å². The molecule has 136 valence electrons. The van der Waals surface area contributed by atoms with Gasteiger partial charge in [0.2, 0.25) is 0 Å². The summed E-state index contributed by atoms with van der Waals surface area (Å²) < 4.78 is 0. The number of carbonyl (C=O) groups is 2. The first kappa shape index (κ1) is 18.9. The lowest BCUT2D eigenvalue weighted by Crippen LogP contribution is -2.37. The molecular formula is C20H15Cl2N3O2. The predicted octanol–water partition coefficient (Wildman–Crippen LogP) is 4.50. The van der Waals surface area contributed by atoms with Crippen LogP contribution in [0.15, 0.2) is 72.9 Å². The van der Waals surface area contributed by atoms with Crippen LogP contribution in [0.5, 0.6) is 0 Å². The van der Waals surface area contributed by atoms with E-state index in [9.17, 15) is 9.59 Å². The fraction of sp³-hybridized carbons (Fsp3) is 0.0500. The van der Waals surface area contributed by atoms with E-state index in [1.165, 1.54) is 6.20 Å². The molecule has 3 rings (SSSR count). The van der Waals surface area contributed by atoms with Crippen LogP contribution in [0.2, 0.25) is 10.0 Å². The molecule has 1 atom stereocenters. The summed E-state index contributed by atoms with van der Waals surface area (Å²) in [6, 6.07) is 17.5. The summed E-state index contributed by atoms with van der Waals surface area (Å²) in [5, 5.41) is 6.29. The van der Waals surface area contributed by atoms with Gasteiger partial charge in [0.1, 0.15) is 11.7 Å². The Hall–Kier alpha value is -2.89. The third-order valence-corrected chi connectivity index (χ3v) is 4.32. The van der Waals surface area contributed by atoms with Gasteiger partial charge in [-0.2, -0.15) is 0 Å². The highest BCUT2D eigenvalue weighted by molar-refractivity contribution is 6.32. The Morgan fingerprint density at radius 2 is 1.70 bits per heavy atom. The first-order valence-electron chi connectivity index (χ1n) is 8.07. The molecule has 1 aromatic heterocycles. The van der Waals surface area contributed by atoms with Gasteiger partial charge in [-0.25, -0.2) is 0 Å². The van der Waals surface area contributed by atoms with E-state index in [0.717, 1.165) is 0 Å². The number of hydrogen-bond acceptors (Lipinski definition) is 3. The zero-order valence-corrected chi connectivity index (χ0v) is 15.5. The van der Waals surface area contributed by atoms with E-state index in [0.29, 0.717) is 21.3 Å². The second kappa shape index (κ2) is 8.66. The molecule has 0 fully saturated rings. The summed E-state index contributed by atoms with van der Waals surface area (Å²) in [4.78, 5) is 29.4. The molecule has 2 amide bonds. The number of carbonyl (C=O) groups excluding carboxylic acids is 2. The van der Waals surface area contributed by atoms with Crippen molar-refractivity contribution >= 4 is 40.7 Å². The Kier molecular flexibility index (Phi) is 6.06. The van der Waals surface area contributed by atoms with E-state index < -0.39 is 17.9 Å².